The van der Waals surface area contributed by atoms with Crippen LogP contribution in [-0.2, 0) is 10.0 Å². The summed E-state index contributed by atoms with van der Waals surface area (Å²) in [6.45, 7) is 12.7. The summed E-state index contributed by atoms with van der Waals surface area (Å²) in [5.41, 5.74) is 3.10. The molecular formula is C20H25N3O3S. The molecule has 0 fully saturated rings. The van der Waals surface area contributed by atoms with E-state index in [9.17, 15) is 13.2 Å². The molecule has 144 valence electrons. The van der Waals surface area contributed by atoms with Gasteiger partial charge in [0.15, 0.2) is 5.78 Å². The summed E-state index contributed by atoms with van der Waals surface area (Å²) in [6, 6.07) is 8.12. The highest BCUT2D eigenvalue weighted by molar-refractivity contribution is 7.89. The fourth-order valence-corrected chi connectivity index (χ4v) is 3.60. The molecule has 27 heavy (non-hydrogen) atoms. The number of carbonyl (C=O) groups is 1. The Balaban J connectivity index is 2.34. The predicted molar refractivity (Wildman–Crippen MR) is 108 cm³/mol. The monoisotopic (exact) mass is 387 g/mol. The number of Topliss-reactive ketones (excluding diaryl/α,β-unsaturated/α-hetero) is 1. The van der Waals surface area contributed by atoms with Crippen molar-refractivity contribution in [2.45, 2.75) is 18.7 Å². The zero-order valence-electron chi connectivity index (χ0n) is 15.7. The van der Waals surface area contributed by atoms with Gasteiger partial charge in [-0.15, -0.1) is 13.2 Å². The van der Waals surface area contributed by atoms with Crippen LogP contribution in [0.5, 0.6) is 0 Å². The molecule has 0 spiro atoms. The van der Waals surface area contributed by atoms with Crippen LogP contribution in [0.1, 0.15) is 21.7 Å². The van der Waals surface area contributed by atoms with Gasteiger partial charge in [0.2, 0.25) is 10.0 Å². The van der Waals surface area contributed by atoms with Crippen molar-refractivity contribution in [3.05, 3.63) is 72.6 Å². The number of hydrogen-bond acceptors (Lipinski definition) is 4. The summed E-state index contributed by atoms with van der Waals surface area (Å²) in [7, 11) is -3.74. The lowest BCUT2D eigenvalue weighted by atomic mass is 10.1. The standard InChI is InChI=1S/C20H25N3O3S/c1-5-11-22(12-6-2)14-20(24)19-13-15(3)23(16(19)4)17-7-9-18(10-8-17)27(21,25)26/h5-10,13H,1-2,11-12,14H2,3-4H3,(H2,21,25,26). The normalized spacial score (nSPS) is 11.6. The lowest BCUT2D eigenvalue weighted by molar-refractivity contribution is 0.0944. The Morgan fingerprint density at radius 3 is 2.19 bits per heavy atom. The first-order valence-corrected chi connectivity index (χ1v) is 10.0. The van der Waals surface area contributed by atoms with Gasteiger partial charge in [0.05, 0.1) is 11.4 Å². The van der Waals surface area contributed by atoms with Gasteiger partial charge in [-0.25, -0.2) is 13.6 Å². The average Bonchev–Trinajstić information content (AvgIpc) is 2.89. The van der Waals surface area contributed by atoms with Crippen LogP contribution in [0.4, 0.5) is 0 Å². The highest BCUT2D eigenvalue weighted by Crippen LogP contribution is 2.22. The predicted octanol–water partition coefficient (Wildman–Crippen LogP) is 2.60. The van der Waals surface area contributed by atoms with Gasteiger partial charge in [-0.1, -0.05) is 12.2 Å². The molecule has 0 aliphatic rings. The summed E-state index contributed by atoms with van der Waals surface area (Å²) in [6.07, 6.45) is 3.51. The van der Waals surface area contributed by atoms with E-state index in [1.54, 1.807) is 24.3 Å². The SMILES string of the molecule is C=CCN(CC=C)CC(=O)c1cc(C)n(-c2ccc(S(N)(=O)=O)cc2)c1C. The van der Waals surface area contributed by atoms with E-state index in [1.165, 1.54) is 12.1 Å². The van der Waals surface area contributed by atoms with Crippen LogP contribution < -0.4 is 5.14 Å². The van der Waals surface area contributed by atoms with E-state index in [1.807, 2.05) is 29.4 Å². The molecule has 1 aromatic carbocycles. The molecule has 0 aliphatic heterocycles. The van der Waals surface area contributed by atoms with Gasteiger partial charge in [0.25, 0.3) is 0 Å². The molecule has 0 aliphatic carbocycles. The van der Waals surface area contributed by atoms with E-state index in [4.69, 9.17) is 5.14 Å². The van der Waals surface area contributed by atoms with E-state index >= 15 is 0 Å². The number of nitrogens with two attached hydrogens (primary N) is 1. The molecule has 2 aromatic rings. The molecule has 6 nitrogen and oxygen atoms in total. The molecule has 1 heterocycles. The van der Waals surface area contributed by atoms with Gasteiger partial charge in [0, 0.05) is 35.7 Å². The minimum atomic E-state index is -3.74. The summed E-state index contributed by atoms with van der Waals surface area (Å²) < 4.78 is 24.8. The fourth-order valence-electron chi connectivity index (χ4n) is 3.08. The van der Waals surface area contributed by atoms with Gasteiger partial charge in [-0.2, -0.15) is 0 Å². The third-order valence-corrected chi connectivity index (χ3v) is 5.23. The molecule has 0 atom stereocenters. The van der Waals surface area contributed by atoms with E-state index in [0.717, 1.165) is 17.1 Å². The Morgan fingerprint density at radius 1 is 1.15 bits per heavy atom. The van der Waals surface area contributed by atoms with Gasteiger partial charge < -0.3 is 4.57 Å². The number of nitrogens with zero attached hydrogens (tertiary/aromatic N) is 2. The minimum absolute atomic E-state index is 0.0132. The highest BCUT2D eigenvalue weighted by Gasteiger charge is 2.19. The second-order valence-corrected chi connectivity index (χ2v) is 7.92. The first kappa shape index (κ1) is 20.8. The van der Waals surface area contributed by atoms with Crippen LogP contribution in [-0.4, -0.2) is 43.3 Å². The third-order valence-electron chi connectivity index (χ3n) is 4.30. The number of sulfonamides is 1. The Bertz CT molecular complexity index is 947. The quantitative estimate of drug-likeness (QED) is 0.529. The van der Waals surface area contributed by atoms with E-state index in [0.29, 0.717) is 18.7 Å². The molecule has 2 N–H and O–H groups in total. The summed E-state index contributed by atoms with van der Waals surface area (Å²) in [5, 5.41) is 5.15. The molecule has 1 aromatic heterocycles. The molecule has 0 bridgehead atoms. The summed E-state index contributed by atoms with van der Waals surface area (Å²) >= 11 is 0. The Kier molecular flexibility index (Phi) is 6.54. The van der Waals surface area contributed by atoms with Crippen molar-refractivity contribution in [1.82, 2.24) is 9.47 Å². The Labute approximate surface area is 160 Å². The van der Waals surface area contributed by atoms with Gasteiger partial charge in [-0.3, -0.25) is 9.69 Å². The number of benzene rings is 1. The maximum Gasteiger partial charge on any atom is 0.238 e. The molecule has 0 saturated carbocycles. The number of aromatic nitrogens is 1. The average molecular weight is 388 g/mol. The number of aryl methyl sites for hydroxylation is 1. The Hall–Kier alpha value is -2.48. The number of primary sulfonamides is 1. The van der Waals surface area contributed by atoms with Crippen LogP contribution in [0.15, 0.2) is 60.5 Å². The second-order valence-electron chi connectivity index (χ2n) is 6.35. The number of carbonyl (C=O) groups excluding carboxylic acids is 1. The van der Waals surface area contributed by atoms with Crippen molar-refractivity contribution in [3.8, 4) is 5.69 Å². The number of rotatable bonds is 9. The summed E-state index contributed by atoms with van der Waals surface area (Å²) in [4.78, 5) is 14.8. The molecular weight excluding hydrogens is 362 g/mol. The Morgan fingerprint density at radius 2 is 1.70 bits per heavy atom. The van der Waals surface area contributed by atoms with Gasteiger partial charge in [0.1, 0.15) is 0 Å². The largest absolute Gasteiger partial charge is 0.318 e. The maximum absolute atomic E-state index is 12.8. The zero-order valence-corrected chi connectivity index (χ0v) is 16.5. The van der Waals surface area contributed by atoms with Crippen molar-refractivity contribution in [2.75, 3.05) is 19.6 Å². The van der Waals surface area contributed by atoms with Crippen LogP contribution in [0.3, 0.4) is 0 Å². The van der Waals surface area contributed by atoms with Crippen molar-refractivity contribution >= 4 is 15.8 Å². The van der Waals surface area contributed by atoms with Crippen LogP contribution in [0, 0.1) is 13.8 Å². The van der Waals surface area contributed by atoms with Crippen molar-refractivity contribution < 1.29 is 13.2 Å². The molecule has 0 amide bonds. The van der Waals surface area contributed by atoms with Gasteiger partial charge >= 0.3 is 0 Å². The first-order valence-electron chi connectivity index (χ1n) is 8.48. The molecule has 0 radical (unpaired) electrons. The first-order chi connectivity index (χ1) is 12.7. The van der Waals surface area contributed by atoms with Crippen LogP contribution >= 0.6 is 0 Å². The van der Waals surface area contributed by atoms with Gasteiger partial charge in [-0.05, 0) is 44.2 Å². The fraction of sp³-hybridized carbons (Fsp3) is 0.250. The maximum atomic E-state index is 12.8. The third kappa shape index (κ3) is 4.82. The smallest absolute Gasteiger partial charge is 0.238 e. The second kappa shape index (κ2) is 8.47. The highest BCUT2D eigenvalue weighted by atomic mass is 32.2. The summed E-state index contributed by atoms with van der Waals surface area (Å²) in [5.74, 6) is 0.0132. The van der Waals surface area contributed by atoms with E-state index in [-0.39, 0.29) is 17.2 Å². The molecule has 0 saturated heterocycles. The lowest BCUT2D eigenvalue weighted by Crippen LogP contribution is -2.30. The molecule has 0 unspecified atom stereocenters. The zero-order chi connectivity index (χ0) is 20.2. The number of ketones is 1. The number of hydrogen-bond donors (Lipinski definition) is 1. The van der Waals surface area contributed by atoms with E-state index in [2.05, 4.69) is 13.2 Å². The molecule has 2 rings (SSSR count). The topological polar surface area (TPSA) is 85.4 Å². The lowest BCUT2D eigenvalue weighted by Gasteiger charge is -2.17. The minimum Gasteiger partial charge on any atom is -0.318 e. The van der Waals surface area contributed by atoms with Crippen molar-refractivity contribution in [1.29, 1.82) is 0 Å². The van der Waals surface area contributed by atoms with Crippen molar-refractivity contribution in [3.63, 3.8) is 0 Å². The van der Waals surface area contributed by atoms with Crippen LogP contribution in [0.25, 0.3) is 5.69 Å². The van der Waals surface area contributed by atoms with Crippen molar-refractivity contribution in [2.24, 2.45) is 5.14 Å². The molecule has 7 heteroatoms. The van der Waals surface area contributed by atoms with Crippen LogP contribution in [0.2, 0.25) is 0 Å². The van der Waals surface area contributed by atoms with E-state index < -0.39 is 10.0 Å².